The number of nitro benzene ring substituents is 1. The molecule has 2 atom stereocenters. The number of nitrogens with one attached hydrogen (secondary N) is 1. The Morgan fingerprint density at radius 2 is 1.88 bits per heavy atom. The van der Waals surface area contributed by atoms with E-state index >= 15 is 0 Å². The van der Waals surface area contributed by atoms with Crippen LogP contribution in [0.5, 0.6) is 0 Å². The van der Waals surface area contributed by atoms with Crippen LogP contribution < -0.4 is 17.7 Å². The molecule has 24 heavy (non-hydrogen) atoms. The SMILES string of the molecule is CC(CCc1ccccc1)NCC(O)c1cccc([N+](=O)[O-])c1.[Cl-]. The number of hydrogen-bond acceptors (Lipinski definition) is 4. The van der Waals surface area contributed by atoms with Gasteiger partial charge < -0.3 is 22.8 Å². The Morgan fingerprint density at radius 1 is 1.17 bits per heavy atom. The molecule has 5 nitrogen and oxygen atoms in total. The highest BCUT2D eigenvalue weighted by Crippen LogP contribution is 2.19. The zero-order chi connectivity index (χ0) is 16.7. The van der Waals surface area contributed by atoms with Crippen molar-refractivity contribution in [1.82, 2.24) is 5.32 Å². The van der Waals surface area contributed by atoms with Gasteiger partial charge in [0.25, 0.3) is 5.69 Å². The average molecular weight is 350 g/mol. The Morgan fingerprint density at radius 3 is 2.54 bits per heavy atom. The Labute approximate surface area is 148 Å². The number of nitrogens with zero attached hydrogens (tertiary/aromatic N) is 1. The van der Waals surface area contributed by atoms with Crippen molar-refractivity contribution in [3.05, 3.63) is 75.8 Å². The molecule has 0 aliphatic rings. The minimum atomic E-state index is -0.755. The first-order valence-corrected chi connectivity index (χ1v) is 7.76. The first kappa shape index (κ1) is 20.1. The molecular weight excluding hydrogens is 328 g/mol. The summed E-state index contributed by atoms with van der Waals surface area (Å²) in [5.41, 5.74) is 1.85. The first-order chi connectivity index (χ1) is 11.1. The number of aryl methyl sites for hydroxylation is 1. The minimum absolute atomic E-state index is 0. The molecule has 0 aliphatic carbocycles. The number of nitro groups is 1. The highest BCUT2D eigenvalue weighted by molar-refractivity contribution is 5.35. The molecule has 2 aromatic carbocycles. The number of aliphatic hydroxyl groups excluding tert-OH is 1. The molecule has 0 fully saturated rings. The van der Waals surface area contributed by atoms with Crippen molar-refractivity contribution in [2.45, 2.75) is 31.9 Å². The van der Waals surface area contributed by atoms with Crippen molar-refractivity contribution in [3.63, 3.8) is 0 Å². The predicted molar refractivity (Wildman–Crippen MR) is 90.3 cm³/mol. The fourth-order valence-corrected chi connectivity index (χ4v) is 2.41. The van der Waals surface area contributed by atoms with Crippen LogP contribution in [0.3, 0.4) is 0 Å². The number of benzene rings is 2. The minimum Gasteiger partial charge on any atom is -1.00 e. The van der Waals surface area contributed by atoms with Crippen LogP contribution in [0.4, 0.5) is 5.69 Å². The quantitative estimate of drug-likeness (QED) is 0.529. The summed E-state index contributed by atoms with van der Waals surface area (Å²) in [5.74, 6) is 0. The molecule has 0 amide bonds. The van der Waals surface area contributed by atoms with Crippen molar-refractivity contribution in [2.75, 3.05) is 6.54 Å². The molecular formula is C18H22ClN2O3-. The third-order valence-corrected chi connectivity index (χ3v) is 3.83. The first-order valence-electron chi connectivity index (χ1n) is 7.76. The van der Waals surface area contributed by atoms with Crippen molar-refractivity contribution < 1.29 is 22.4 Å². The normalized spacial score (nSPS) is 12.9. The van der Waals surface area contributed by atoms with Gasteiger partial charge in [-0.3, -0.25) is 10.1 Å². The van der Waals surface area contributed by atoms with Gasteiger partial charge in [-0.2, -0.15) is 0 Å². The molecule has 6 heteroatoms. The van der Waals surface area contributed by atoms with Gasteiger partial charge in [0.1, 0.15) is 0 Å². The molecule has 0 aliphatic heterocycles. The van der Waals surface area contributed by atoms with Crippen LogP contribution >= 0.6 is 0 Å². The fraction of sp³-hybridized carbons (Fsp3) is 0.333. The van der Waals surface area contributed by atoms with E-state index in [9.17, 15) is 15.2 Å². The lowest BCUT2D eigenvalue weighted by Gasteiger charge is -2.17. The van der Waals surface area contributed by atoms with Gasteiger partial charge in [0.15, 0.2) is 0 Å². The summed E-state index contributed by atoms with van der Waals surface area (Å²) < 4.78 is 0. The van der Waals surface area contributed by atoms with E-state index in [1.807, 2.05) is 18.2 Å². The summed E-state index contributed by atoms with van der Waals surface area (Å²) in [7, 11) is 0. The van der Waals surface area contributed by atoms with E-state index in [1.54, 1.807) is 12.1 Å². The van der Waals surface area contributed by atoms with Crippen LogP contribution in [0, 0.1) is 10.1 Å². The van der Waals surface area contributed by atoms with Crippen LogP contribution in [-0.2, 0) is 6.42 Å². The summed E-state index contributed by atoms with van der Waals surface area (Å²) in [4.78, 5) is 10.3. The van der Waals surface area contributed by atoms with E-state index in [0.29, 0.717) is 12.1 Å². The maximum Gasteiger partial charge on any atom is 0.269 e. The predicted octanol–water partition coefficient (Wildman–Crippen LogP) is 0.243. The van der Waals surface area contributed by atoms with Crippen molar-refractivity contribution in [1.29, 1.82) is 0 Å². The van der Waals surface area contributed by atoms with Crippen molar-refractivity contribution in [2.24, 2.45) is 0 Å². The summed E-state index contributed by atoms with van der Waals surface area (Å²) in [6, 6.07) is 16.6. The Hall–Kier alpha value is -1.95. The topological polar surface area (TPSA) is 75.4 Å². The Kier molecular flexibility index (Phi) is 8.40. The summed E-state index contributed by atoms with van der Waals surface area (Å²) in [5, 5.41) is 24.2. The van der Waals surface area contributed by atoms with Crippen LogP contribution in [0.1, 0.15) is 30.6 Å². The lowest BCUT2D eigenvalue weighted by Crippen LogP contribution is -3.00. The van der Waals surface area contributed by atoms with E-state index in [2.05, 4.69) is 24.4 Å². The van der Waals surface area contributed by atoms with Gasteiger partial charge in [0.05, 0.1) is 11.0 Å². The molecule has 0 saturated heterocycles. The van der Waals surface area contributed by atoms with E-state index in [-0.39, 0.29) is 24.1 Å². The van der Waals surface area contributed by atoms with Crippen molar-refractivity contribution >= 4 is 5.69 Å². The molecule has 2 aromatic rings. The summed E-state index contributed by atoms with van der Waals surface area (Å²) in [6.07, 6.45) is 1.18. The third kappa shape index (κ3) is 6.28. The van der Waals surface area contributed by atoms with Gasteiger partial charge in [-0.25, -0.2) is 0 Å². The highest BCUT2D eigenvalue weighted by Gasteiger charge is 2.13. The van der Waals surface area contributed by atoms with Crippen LogP contribution in [-0.4, -0.2) is 22.6 Å². The lowest BCUT2D eigenvalue weighted by molar-refractivity contribution is -0.385. The van der Waals surface area contributed by atoms with Gasteiger partial charge in [-0.05, 0) is 30.9 Å². The molecule has 2 unspecified atom stereocenters. The second kappa shape index (κ2) is 10.0. The van der Waals surface area contributed by atoms with Gasteiger partial charge in [-0.1, -0.05) is 42.5 Å². The van der Waals surface area contributed by atoms with Crippen LogP contribution in [0.15, 0.2) is 54.6 Å². The van der Waals surface area contributed by atoms with E-state index in [4.69, 9.17) is 0 Å². The molecule has 130 valence electrons. The smallest absolute Gasteiger partial charge is 0.269 e. The summed E-state index contributed by atoms with van der Waals surface area (Å²) in [6.45, 7) is 2.44. The van der Waals surface area contributed by atoms with E-state index in [1.165, 1.54) is 17.7 Å². The van der Waals surface area contributed by atoms with Crippen LogP contribution in [0.2, 0.25) is 0 Å². The Bertz CT molecular complexity index is 637. The van der Waals surface area contributed by atoms with E-state index in [0.717, 1.165) is 12.8 Å². The second-order valence-corrected chi connectivity index (χ2v) is 5.70. The van der Waals surface area contributed by atoms with Gasteiger partial charge in [0.2, 0.25) is 0 Å². The zero-order valence-electron chi connectivity index (χ0n) is 13.6. The molecule has 0 bridgehead atoms. The average Bonchev–Trinajstić information content (AvgIpc) is 2.58. The van der Waals surface area contributed by atoms with Crippen LogP contribution in [0.25, 0.3) is 0 Å². The standard InChI is InChI=1S/C18H22N2O3.ClH/c1-14(10-11-15-6-3-2-4-7-15)19-13-18(21)16-8-5-9-17(12-16)20(22)23;/h2-9,12,14,18-19,21H,10-11,13H2,1H3;1H/p-1. The maximum atomic E-state index is 10.8. The molecule has 2 rings (SSSR count). The van der Waals surface area contributed by atoms with Gasteiger partial charge in [0, 0.05) is 24.7 Å². The molecule has 2 N–H and O–H groups in total. The summed E-state index contributed by atoms with van der Waals surface area (Å²) >= 11 is 0. The molecule has 0 radical (unpaired) electrons. The van der Waals surface area contributed by atoms with Crippen molar-refractivity contribution in [3.8, 4) is 0 Å². The number of rotatable bonds is 8. The lowest BCUT2D eigenvalue weighted by atomic mass is 10.1. The van der Waals surface area contributed by atoms with Gasteiger partial charge in [-0.15, -0.1) is 0 Å². The maximum absolute atomic E-state index is 10.8. The third-order valence-electron chi connectivity index (χ3n) is 3.83. The van der Waals surface area contributed by atoms with E-state index < -0.39 is 11.0 Å². The monoisotopic (exact) mass is 349 g/mol. The Balaban J connectivity index is 0.00000288. The fourth-order valence-electron chi connectivity index (χ4n) is 2.41. The number of non-ortho nitro benzene ring substituents is 1. The zero-order valence-corrected chi connectivity index (χ0v) is 14.3. The number of aliphatic hydroxyl groups is 1. The van der Waals surface area contributed by atoms with Gasteiger partial charge >= 0.3 is 0 Å². The molecule has 0 aromatic heterocycles. The molecule has 0 heterocycles. The number of halogens is 1. The molecule has 0 spiro atoms. The molecule has 0 saturated carbocycles. The number of hydrogen-bond donors (Lipinski definition) is 2. The highest BCUT2D eigenvalue weighted by atomic mass is 35.5. The largest absolute Gasteiger partial charge is 1.00 e. The second-order valence-electron chi connectivity index (χ2n) is 5.70.